The summed E-state index contributed by atoms with van der Waals surface area (Å²) in [6.45, 7) is 16.0. The van der Waals surface area contributed by atoms with E-state index in [2.05, 4.69) is 59.8 Å². The number of methoxy groups -OCH3 is 1. The molecule has 0 saturated carbocycles. The maximum atomic E-state index is 11.5. The second-order valence-corrected chi connectivity index (χ2v) is 13.8. The third-order valence-corrected chi connectivity index (χ3v) is 10.0. The zero-order chi connectivity index (χ0) is 21.4. The number of hydrogen-bond acceptors (Lipinski definition) is 4. The van der Waals surface area contributed by atoms with Crippen molar-refractivity contribution in [3.8, 4) is 0 Å². The maximum Gasteiger partial charge on any atom is 0.330 e. The van der Waals surface area contributed by atoms with Gasteiger partial charge in [-0.1, -0.05) is 64.1 Å². The molecule has 0 bridgehead atoms. The van der Waals surface area contributed by atoms with E-state index in [0.29, 0.717) is 6.61 Å². The van der Waals surface area contributed by atoms with E-state index >= 15 is 0 Å². The molecular weight excluding hydrogens is 368 g/mol. The van der Waals surface area contributed by atoms with Gasteiger partial charge in [0.2, 0.25) is 0 Å². The average molecular weight is 407 g/mol. The SMILES string of the molecule is COC(=O)/C=C/[C@@H](C)[C@@H](CC(C)OCc1ccccc1)O[Si](C)(C)C(C)(C)C. The van der Waals surface area contributed by atoms with Crippen LogP contribution >= 0.6 is 0 Å². The Morgan fingerprint density at radius 3 is 2.29 bits per heavy atom. The highest BCUT2D eigenvalue weighted by Gasteiger charge is 2.40. The molecule has 158 valence electrons. The first kappa shape index (κ1) is 24.6. The first-order chi connectivity index (χ1) is 13.0. The van der Waals surface area contributed by atoms with Gasteiger partial charge in [-0.15, -0.1) is 0 Å². The summed E-state index contributed by atoms with van der Waals surface area (Å²) < 4.78 is 17.5. The number of benzene rings is 1. The van der Waals surface area contributed by atoms with Crippen LogP contribution in [0.4, 0.5) is 0 Å². The van der Waals surface area contributed by atoms with Crippen molar-refractivity contribution in [2.24, 2.45) is 5.92 Å². The van der Waals surface area contributed by atoms with Crippen molar-refractivity contribution < 1.29 is 18.7 Å². The van der Waals surface area contributed by atoms with Gasteiger partial charge in [-0.2, -0.15) is 0 Å². The Bertz CT molecular complexity index is 619. The summed E-state index contributed by atoms with van der Waals surface area (Å²) in [6.07, 6.45) is 4.17. The van der Waals surface area contributed by atoms with Crippen LogP contribution in [0.25, 0.3) is 0 Å². The van der Waals surface area contributed by atoms with E-state index in [0.717, 1.165) is 12.0 Å². The van der Waals surface area contributed by atoms with E-state index < -0.39 is 8.32 Å². The molecule has 0 radical (unpaired) electrons. The van der Waals surface area contributed by atoms with Crippen molar-refractivity contribution in [1.29, 1.82) is 0 Å². The van der Waals surface area contributed by atoms with Gasteiger partial charge < -0.3 is 13.9 Å². The normalized spacial score (nSPS) is 16.0. The number of rotatable bonds is 10. The molecule has 0 fully saturated rings. The van der Waals surface area contributed by atoms with Crippen molar-refractivity contribution in [2.45, 2.75) is 78.0 Å². The Balaban J connectivity index is 2.83. The minimum Gasteiger partial charge on any atom is -0.466 e. The second kappa shape index (κ2) is 10.9. The van der Waals surface area contributed by atoms with Gasteiger partial charge in [0.1, 0.15) is 0 Å². The first-order valence-electron chi connectivity index (χ1n) is 10.1. The Morgan fingerprint density at radius 1 is 1.14 bits per heavy atom. The van der Waals surface area contributed by atoms with Crippen molar-refractivity contribution in [3.05, 3.63) is 48.0 Å². The molecule has 0 amide bonds. The second-order valence-electron chi connectivity index (χ2n) is 9.00. The number of hydrogen-bond donors (Lipinski definition) is 0. The fraction of sp³-hybridized carbons (Fsp3) is 0.609. The molecule has 1 rings (SSSR count). The van der Waals surface area contributed by atoms with Gasteiger partial charge >= 0.3 is 5.97 Å². The number of carbonyl (C=O) groups is 1. The predicted octanol–water partition coefficient (Wildman–Crippen LogP) is 5.74. The van der Waals surface area contributed by atoms with Gasteiger partial charge in [-0.3, -0.25) is 0 Å². The maximum absolute atomic E-state index is 11.5. The minimum atomic E-state index is -1.95. The van der Waals surface area contributed by atoms with Gasteiger partial charge in [0, 0.05) is 6.08 Å². The van der Waals surface area contributed by atoms with Crippen LogP contribution in [0.15, 0.2) is 42.5 Å². The van der Waals surface area contributed by atoms with E-state index in [4.69, 9.17) is 13.9 Å². The minimum absolute atomic E-state index is 0.0208. The van der Waals surface area contributed by atoms with E-state index in [1.54, 1.807) is 0 Å². The molecule has 0 aromatic heterocycles. The van der Waals surface area contributed by atoms with Gasteiger partial charge in [-0.05, 0) is 43.0 Å². The first-order valence-corrected chi connectivity index (χ1v) is 13.0. The monoisotopic (exact) mass is 406 g/mol. The molecule has 0 aliphatic rings. The molecule has 0 N–H and O–H groups in total. The molecule has 3 atom stereocenters. The topological polar surface area (TPSA) is 44.8 Å². The summed E-state index contributed by atoms with van der Waals surface area (Å²) in [4.78, 5) is 11.5. The van der Waals surface area contributed by atoms with Crippen LogP contribution in [0.3, 0.4) is 0 Å². The molecule has 0 aliphatic carbocycles. The van der Waals surface area contributed by atoms with E-state index in [1.165, 1.54) is 13.2 Å². The van der Waals surface area contributed by atoms with Crippen molar-refractivity contribution in [2.75, 3.05) is 7.11 Å². The van der Waals surface area contributed by atoms with Crippen LogP contribution < -0.4 is 0 Å². The van der Waals surface area contributed by atoms with Crippen molar-refractivity contribution in [3.63, 3.8) is 0 Å². The lowest BCUT2D eigenvalue weighted by Crippen LogP contribution is -2.46. The third kappa shape index (κ3) is 8.29. The van der Waals surface area contributed by atoms with E-state index in [9.17, 15) is 4.79 Å². The lowest BCUT2D eigenvalue weighted by atomic mass is 9.99. The van der Waals surface area contributed by atoms with Gasteiger partial charge in [0.25, 0.3) is 0 Å². The molecule has 0 aliphatic heterocycles. The van der Waals surface area contributed by atoms with Crippen molar-refractivity contribution in [1.82, 2.24) is 0 Å². The van der Waals surface area contributed by atoms with E-state index in [1.807, 2.05) is 24.3 Å². The zero-order valence-corrected chi connectivity index (χ0v) is 19.8. The van der Waals surface area contributed by atoms with Crippen LogP contribution in [-0.4, -0.2) is 33.6 Å². The Kier molecular flexibility index (Phi) is 9.61. The highest BCUT2D eigenvalue weighted by Crippen LogP contribution is 2.39. The van der Waals surface area contributed by atoms with Gasteiger partial charge in [0.15, 0.2) is 8.32 Å². The molecule has 1 unspecified atom stereocenters. The fourth-order valence-electron chi connectivity index (χ4n) is 2.56. The molecule has 5 heteroatoms. The number of ether oxygens (including phenoxy) is 2. The van der Waals surface area contributed by atoms with Crippen LogP contribution in [0.5, 0.6) is 0 Å². The Hall–Kier alpha value is -1.43. The summed E-state index contributed by atoms with van der Waals surface area (Å²) in [5.74, 6) is -0.262. The zero-order valence-electron chi connectivity index (χ0n) is 18.8. The highest BCUT2D eigenvalue weighted by atomic mass is 28.4. The summed E-state index contributed by atoms with van der Waals surface area (Å²) in [7, 11) is -0.565. The lowest BCUT2D eigenvalue weighted by Gasteiger charge is -2.41. The molecule has 0 spiro atoms. The highest BCUT2D eigenvalue weighted by molar-refractivity contribution is 6.74. The average Bonchev–Trinajstić information content (AvgIpc) is 2.63. The van der Waals surface area contributed by atoms with Gasteiger partial charge in [0.05, 0.1) is 25.9 Å². The summed E-state index contributed by atoms with van der Waals surface area (Å²) in [6, 6.07) is 10.2. The molecule has 28 heavy (non-hydrogen) atoms. The number of esters is 1. The quantitative estimate of drug-likeness (QED) is 0.282. The molecule has 4 nitrogen and oxygen atoms in total. The van der Waals surface area contributed by atoms with Crippen LogP contribution in [-0.2, 0) is 25.3 Å². The molecular formula is C23H38O4Si. The Labute approximate surface area is 172 Å². The van der Waals surface area contributed by atoms with Crippen molar-refractivity contribution >= 4 is 14.3 Å². The predicted molar refractivity (Wildman–Crippen MR) is 118 cm³/mol. The molecule has 1 aromatic rings. The Morgan fingerprint density at radius 2 is 1.75 bits per heavy atom. The summed E-state index contributed by atoms with van der Waals surface area (Å²) >= 11 is 0. The fourth-order valence-corrected chi connectivity index (χ4v) is 3.98. The standard InChI is InChI=1S/C23H38O4Si/c1-18(14-15-22(24)25-6)21(27-28(7,8)23(3,4)5)16-19(2)26-17-20-12-10-9-11-13-20/h9-15,18-19,21H,16-17H2,1-8H3/b15-14+/t18-,19?,21-/m1/s1. The van der Waals surface area contributed by atoms with Gasteiger partial charge in [-0.25, -0.2) is 4.79 Å². The lowest BCUT2D eigenvalue weighted by molar-refractivity contribution is -0.134. The summed E-state index contributed by atoms with van der Waals surface area (Å²) in [5.41, 5.74) is 1.16. The van der Waals surface area contributed by atoms with E-state index in [-0.39, 0.29) is 29.1 Å². The molecule has 0 saturated heterocycles. The number of carbonyl (C=O) groups excluding carboxylic acids is 1. The van der Waals surface area contributed by atoms with Crippen LogP contribution in [0.1, 0.15) is 46.6 Å². The van der Waals surface area contributed by atoms with Crippen LogP contribution in [0, 0.1) is 5.92 Å². The third-order valence-electron chi connectivity index (χ3n) is 5.52. The van der Waals surface area contributed by atoms with Crippen LogP contribution in [0.2, 0.25) is 18.1 Å². The molecule has 0 heterocycles. The molecule has 1 aromatic carbocycles. The summed E-state index contributed by atoms with van der Waals surface area (Å²) in [5, 5.41) is 0.116. The smallest absolute Gasteiger partial charge is 0.330 e. The largest absolute Gasteiger partial charge is 0.466 e.